The summed E-state index contributed by atoms with van der Waals surface area (Å²) in [5.41, 5.74) is 1.63. The van der Waals surface area contributed by atoms with Gasteiger partial charge in [0.05, 0.1) is 23.9 Å². The molecular weight excluding hydrogens is 408 g/mol. The zero-order valence-corrected chi connectivity index (χ0v) is 18.2. The SMILES string of the molecule is CCc1sc2nc(SCc3nnc(C)o3)n(-c3cccc(OC)c3)c(=O)c2c1C. The van der Waals surface area contributed by atoms with Gasteiger partial charge in [-0.25, -0.2) is 4.98 Å². The van der Waals surface area contributed by atoms with Gasteiger partial charge in [0.25, 0.3) is 5.56 Å². The van der Waals surface area contributed by atoms with Gasteiger partial charge in [-0.2, -0.15) is 0 Å². The minimum Gasteiger partial charge on any atom is -0.497 e. The summed E-state index contributed by atoms with van der Waals surface area (Å²) in [6, 6.07) is 7.41. The van der Waals surface area contributed by atoms with E-state index in [4.69, 9.17) is 14.1 Å². The number of benzene rings is 1. The molecule has 4 rings (SSSR count). The van der Waals surface area contributed by atoms with Gasteiger partial charge in [-0.3, -0.25) is 9.36 Å². The molecule has 0 aliphatic rings. The lowest BCUT2D eigenvalue weighted by molar-refractivity contribution is 0.414. The van der Waals surface area contributed by atoms with Crippen molar-refractivity contribution in [1.82, 2.24) is 19.7 Å². The fourth-order valence-electron chi connectivity index (χ4n) is 3.14. The molecule has 3 aromatic heterocycles. The third-order valence-corrected chi connectivity index (χ3v) is 6.81. The first-order valence-corrected chi connectivity index (χ1v) is 10.9. The monoisotopic (exact) mass is 428 g/mol. The standard InChI is InChI=1S/C20H20N4O3S2/c1-5-15-11(2)17-18(29-15)21-20(28-10-16-23-22-12(3)27-16)24(19(17)25)13-7-6-8-14(9-13)26-4/h6-9H,5,10H2,1-4H3. The van der Waals surface area contributed by atoms with Crippen LogP contribution in [0, 0.1) is 13.8 Å². The summed E-state index contributed by atoms with van der Waals surface area (Å²) in [5, 5.41) is 9.15. The number of thiophene rings is 1. The number of hydrogen-bond donors (Lipinski definition) is 0. The molecule has 0 aliphatic carbocycles. The van der Waals surface area contributed by atoms with Crippen LogP contribution in [0.15, 0.2) is 38.6 Å². The Kier molecular flexibility index (Phi) is 5.42. The van der Waals surface area contributed by atoms with Crippen LogP contribution in [0.3, 0.4) is 0 Å². The highest BCUT2D eigenvalue weighted by Gasteiger charge is 2.19. The van der Waals surface area contributed by atoms with Crippen molar-refractivity contribution in [3.63, 3.8) is 0 Å². The molecule has 7 nitrogen and oxygen atoms in total. The van der Waals surface area contributed by atoms with Crippen LogP contribution in [0.1, 0.15) is 29.1 Å². The topological polar surface area (TPSA) is 83.0 Å². The number of ether oxygens (including phenoxy) is 1. The molecule has 0 saturated heterocycles. The van der Waals surface area contributed by atoms with E-state index in [-0.39, 0.29) is 5.56 Å². The average Bonchev–Trinajstić information content (AvgIpc) is 3.29. The lowest BCUT2D eigenvalue weighted by Crippen LogP contribution is -2.21. The van der Waals surface area contributed by atoms with E-state index in [2.05, 4.69) is 17.1 Å². The largest absolute Gasteiger partial charge is 0.497 e. The maximum absolute atomic E-state index is 13.5. The number of hydrogen-bond acceptors (Lipinski definition) is 8. The number of nitrogens with zero attached hydrogens (tertiary/aromatic N) is 4. The molecule has 0 amide bonds. The molecule has 0 fully saturated rings. The highest BCUT2D eigenvalue weighted by molar-refractivity contribution is 7.98. The highest BCUT2D eigenvalue weighted by atomic mass is 32.2. The Balaban J connectivity index is 1.90. The summed E-state index contributed by atoms with van der Waals surface area (Å²) >= 11 is 2.97. The van der Waals surface area contributed by atoms with E-state index in [1.54, 1.807) is 29.9 Å². The minimum atomic E-state index is -0.0825. The van der Waals surface area contributed by atoms with Gasteiger partial charge in [0.2, 0.25) is 11.8 Å². The van der Waals surface area contributed by atoms with E-state index in [0.29, 0.717) is 39.5 Å². The highest BCUT2D eigenvalue weighted by Crippen LogP contribution is 2.31. The molecule has 0 atom stereocenters. The average molecular weight is 429 g/mol. The maximum Gasteiger partial charge on any atom is 0.267 e. The Morgan fingerprint density at radius 1 is 1.28 bits per heavy atom. The molecule has 1 aromatic carbocycles. The van der Waals surface area contributed by atoms with Gasteiger partial charge in [-0.1, -0.05) is 24.8 Å². The van der Waals surface area contributed by atoms with Gasteiger partial charge < -0.3 is 9.15 Å². The third-order valence-electron chi connectivity index (χ3n) is 4.56. The van der Waals surface area contributed by atoms with Gasteiger partial charge in [0.1, 0.15) is 10.6 Å². The molecule has 0 N–H and O–H groups in total. The smallest absolute Gasteiger partial charge is 0.267 e. The summed E-state index contributed by atoms with van der Waals surface area (Å²) in [7, 11) is 1.60. The second kappa shape index (κ2) is 8.00. The van der Waals surface area contributed by atoms with Gasteiger partial charge in [0, 0.05) is 17.9 Å². The van der Waals surface area contributed by atoms with Crippen LogP contribution < -0.4 is 10.3 Å². The molecule has 3 heterocycles. The minimum absolute atomic E-state index is 0.0825. The number of aryl methyl sites for hydroxylation is 3. The lowest BCUT2D eigenvalue weighted by Gasteiger charge is -2.12. The van der Waals surface area contributed by atoms with E-state index in [1.807, 2.05) is 31.2 Å². The van der Waals surface area contributed by atoms with Crippen LogP contribution >= 0.6 is 23.1 Å². The van der Waals surface area contributed by atoms with Crippen LogP contribution in [0.25, 0.3) is 15.9 Å². The van der Waals surface area contributed by atoms with Crippen molar-refractivity contribution in [2.75, 3.05) is 7.11 Å². The first kappa shape index (κ1) is 19.7. The summed E-state index contributed by atoms with van der Waals surface area (Å²) in [4.78, 5) is 20.3. The summed E-state index contributed by atoms with van der Waals surface area (Å²) in [5.74, 6) is 2.11. The second-order valence-electron chi connectivity index (χ2n) is 6.42. The van der Waals surface area contributed by atoms with E-state index in [1.165, 1.54) is 16.6 Å². The first-order chi connectivity index (χ1) is 14.0. The number of aromatic nitrogens is 4. The fraction of sp³-hybridized carbons (Fsp3) is 0.300. The van der Waals surface area contributed by atoms with E-state index in [0.717, 1.165) is 16.8 Å². The maximum atomic E-state index is 13.5. The Bertz CT molecular complexity index is 1240. The zero-order valence-electron chi connectivity index (χ0n) is 16.6. The molecule has 0 unspecified atom stereocenters. The fourth-order valence-corrected chi connectivity index (χ4v) is 5.15. The van der Waals surface area contributed by atoms with Crippen molar-refractivity contribution in [3.8, 4) is 11.4 Å². The summed E-state index contributed by atoms with van der Waals surface area (Å²) < 4.78 is 12.5. The number of thioether (sulfide) groups is 1. The Morgan fingerprint density at radius 3 is 2.79 bits per heavy atom. The zero-order chi connectivity index (χ0) is 20.5. The molecular formula is C20H20N4O3S2. The van der Waals surface area contributed by atoms with Crippen LogP contribution in [0.4, 0.5) is 0 Å². The molecule has 9 heteroatoms. The lowest BCUT2D eigenvalue weighted by atomic mass is 10.2. The van der Waals surface area contributed by atoms with Gasteiger partial charge in [0.15, 0.2) is 5.16 Å². The summed E-state index contributed by atoms with van der Waals surface area (Å²) in [6.45, 7) is 5.83. The van der Waals surface area contributed by atoms with Gasteiger partial charge in [-0.15, -0.1) is 21.5 Å². The van der Waals surface area contributed by atoms with E-state index < -0.39 is 0 Å². The number of fused-ring (bicyclic) bond motifs is 1. The van der Waals surface area contributed by atoms with Gasteiger partial charge >= 0.3 is 0 Å². The molecule has 29 heavy (non-hydrogen) atoms. The van der Waals surface area contributed by atoms with Crippen molar-refractivity contribution in [1.29, 1.82) is 0 Å². The van der Waals surface area contributed by atoms with E-state index >= 15 is 0 Å². The van der Waals surface area contributed by atoms with Crippen LogP contribution in [0.2, 0.25) is 0 Å². The predicted molar refractivity (Wildman–Crippen MR) is 114 cm³/mol. The Hall–Kier alpha value is -2.65. The first-order valence-electron chi connectivity index (χ1n) is 9.13. The Morgan fingerprint density at radius 2 is 2.10 bits per heavy atom. The van der Waals surface area contributed by atoms with Crippen LogP contribution in [-0.4, -0.2) is 26.9 Å². The van der Waals surface area contributed by atoms with Crippen molar-refractivity contribution in [2.24, 2.45) is 0 Å². The van der Waals surface area contributed by atoms with Crippen molar-refractivity contribution in [2.45, 2.75) is 38.1 Å². The van der Waals surface area contributed by atoms with Gasteiger partial charge in [-0.05, 0) is 31.0 Å². The Labute approximate surface area is 175 Å². The normalized spacial score (nSPS) is 11.3. The molecule has 0 radical (unpaired) electrons. The quantitative estimate of drug-likeness (QED) is 0.334. The number of rotatable bonds is 6. The molecule has 0 saturated carbocycles. The molecule has 150 valence electrons. The second-order valence-corrected chi connectivity index (χ2v) is 8.45. The third kappa shape index (κ3) is 3.67. The van der Waals surface area contributed by atoms with Crippen molar-refractivity contribution >= 4 is 33.3 Å². The molecule has 4 aromatic rings. The molecule has 0 aliphatic heterocycles. The van der Waals surface area contributed by atoms with Crippen molar-refractivity contribution < 1.29 is 9.15 Å². The van der Waals surface area contributed by atoms with Crippen molar-refractivity contribution in [3.05, 3.63) is 56.8 Å². The molecule has 0 spiro atoms. The van der Waals surface area contributed by atoms with Crippen LogP contribution in [-0.2, 0) is 12.2 Å². The molecule has 0 bridgehead atoms. The van der Waals surface area contributed by atoms with Crippen LogP contribution in [0.5, 0.6) is 5.75 Å². The summed E-state index contributed by atoms with van der Waals surface area (Å²) in [6.07, 6.45) is 0.870. The van der Waals surface area contributed by atoms with E-state index in [9.17, 15) is 4.79 Å². The predicted octanol–water partition coefficient (Wildman–Crippen LogP) is 4.31. The number of methoxy groups -OCH3 is 1.